The van der Waals surface area contributed by atoms with Crippen LogP contribution < -0.4 is 5.32 Å². The van der Waals surface area contributed by atoms with E-state index < -0.39 is 0 Å². The first-order valence-corrected chi connectivity index (χ1v) is 7.53. The van der Waals surface area contributed by atoms with Gasteiger partial charge in [0.05, 0.1) is 24.1 Å². The van der Waals surface area contributed by atoms with Crippen molar-refractivity contribution in [2.24, 2.45) is 13.0 Å². The SMILES string of the molecule is Cc1[nH]ncc1C(=O)NC[C@@H]1CCCO[C@H]1c1cnn(C)c1. The van der Waals surface area contributed by atoms with Crippen LogP contribution in [0.2, 0.25) is 0 Å². The molecule has 0 bridgehead atoms. The number of carbonyl (C=O) groups is 1. The Morgan fingerprint density at radius 2 is 2.41 bits per heavy atom. The number of H-pyrrole nitrogens is 1. The van der Waals surface area contributed by atoms with Gasteiger partial charge in [0.25, 0.3) is 5.91 Å². The summed E-state index contributed by atoms with van der Waals surface area (Å²) in [5.74, 6) is 0.163. The van der Waals surface area contributed by atoms with Crippen molar-refractivity contribution in [3.05, 3.63) is 35.4 Å². The van der Waals surface area contributed by atoms with Crippen molar-refractivity contribution < 1.29 is 9.53 Å². The molecule has 0 radical (unpaired) electrons. The molecule has 0 unspecified atom stereocenters. The van der Waals surface area contributed by atoms with Crippen molar-refractivity contribution in [1.29, 1.82) is 0 Å². The Morgan fingerprint density at radius 3 is 3.09 bits per heavy atom. The van der Waals surface area contributed by atoms with Gasteiger partial charge in [-0.25, -0.2) is 0 Å². The second-order valence-electron chi connectivity index (χ2n) is 5.76. The number of aryl methyl sites for hydroxylation is 2. The molecule has 2 aromatic heterocycles. The Bertz CT molecular complexity index is 648. The Labute approximate surface area is 129 Å². The van der Waals surface area contributed by atoms with Gasteiger partial charge in [0.2, 0.25) is 0 Å². The molecule has 0 spiro atoms. The van der Waals surface area contributed by atoms with Gasteiger partial charge in [0.1, 0.15) is 0 Å². The fourth-order valence-electron chi connectivity index (χ4n) is 2.91. The fourth-order valence-corrected chi connectivity index (χ4v) is 2.91. The number of carbonyl (C=O) groups excluding carboxylic acids is 1. The summed E-state index contributed by atoms with van der Waals surface area (Å²) in [6.45, 7) is 3.18. The van der Waals surface area contributed by atoms with Gasteiger partial charge < -0.3 is 10.1 Å². The van der Waals surface area contributed by atoms with Gasteiger partial charge >= 0.3 is 0 Å². The van der Waals surface area contributed by atoms with Crippen LogP contribution in [0.25, 0.3) is 0 Å². The number of hydrogen-bond acceptors (Lipinski definition) is 4. The topological polar surface area (TPSA) is 84.8 Å². The smallest absolute Gasteiger partial charge is 0.254 e. The van der Waals surface area contributed by atoms with E-state index >= 15 is 0 Å². The molecular formula is C15H21N5O2. The van der Waals surface area contributed by atoms with Gasteiger partial charge in [0.15, 0.2) is 0 Å². The molecule has 22 heavy (non-hydrogen) atoms. The van der Waals surface area contributed by atoms with Gasteiger partial charge in [-0.3, -0.25) is 14.6 Å². The van der Waals surface area contributed by atoms with Gasteiger partial charge in [-0.1, -0.05) is 0 Å². The molecule has 2 aromatic rings. The quantitative estimate of drug-likeness (QED) is 0.893. The summed E-state index contributed by atoms with van der Waals surface area (Å²) >= 11 is 0. The molecule has 0 aliphatic carbocycles. The first kappa shape index (κ1) is 14.8. The lowest BCUT2D eigenvalue weighted by Crippen LogP contribution is -2.35. The van der Waals surface area contributed by atoms with E-state index in [2.05, 4.69) is 20.6 Å². The highest BCUT2D eigenvalue weighted by Crippen LogP contribution is 2.32. The number of hydrogen-bond donors (Lipinski definition) is 2. The lowest BCUT2D eigenvalue weighted by Gasteiger charge is -2.31. The molecular weight excluding hydrogens is 282 g/mol. The number of nitrogens with zero attached hydrogens (tertiary/aromatic N) is 3. The summed E-state index contributed by atoms with van der Waals surface area (Å²) in [5, 5.41) is 13.9. The van der Waals surface area contributed by atoms with Crippen molar-refractivity contribution >= 4 is 5.91 Å². The number of amides is 1. The molecule has 3 heterocycles. The molecule has 2 atom stereocenters. The third-order valence-corrected chi connectivity index (χ3v) is 4.10. The molecule has 0 saturated carbocycles. The Kier molecular flexibility index (Phi) is 4.24. The first-order chi connectivity index (χ1) is 10.6. The lowest BCUT2D eigenvalue weighted by atomic mass is 9.91. The monoisotopic (exact) mass is 303 g/mol. The lowest BCUT2D eigenvalue weighted by molar-refractivity contribution is -0.0273. The van der Waals surface area contributed by atoms with Crippen LogP contribution >= 0.6 is 0 Å². The van der Waals surface area contributed by atoms with Crippen LogP contribution in [0, 0.1) is 12.8 Å². The van der Waals surface area contributed by atoms with Gasteiger partial charge in [-0.15, -0.1) is 0 Å². The number of ether oxygens (including phenoxy) is 1. The highest BCUT2D eigenvalue weighted by atomic mass is 16.5. The summed E-state index contributed by atoms with van der Waals surface area (Å²) in [6, 6.07) is 0. The molecule has 1 aliphatic heterocycles. The van der Waals surface area contributed by atoms with Crippen LogP contribution in [-0.2, 0) is 11.8 Å². The fraction of sp³-hybridized carbons (Fsp3) is 0.533. The molecule has 3 rings (SSSR count). The molecule has 118 valence electrons. The normalized spacial score (nSPS) is 21.7. The third-order valence-electron chi connectivity index (χ3n) is 4.10. The molecule has 0 aromatic carbocycles. The van der Waals surface area contributed by atoms with Gasteiger partial charge in [-0.05, 0) is 19.8 Å². The Morgan fingerprint density at radius 1 is 1.55 bits per heavy atom. The number of aromatic nitrogens is 4. The largest absolute Gasteiger partial charge is 0.373 e. The van der Waals surface area contributed by atoms with E-state index in [9.17, 15) is 4.79 Å². The van der Waals surface area contributed by atoms with Crippen LogP contribution in [0.4, 0.5) is 0 Å². The van der Waals surface area contributed by atoms with Crippen molar-refractivity contribution in [3.63, 3.8) is 0 Å². The highest BCUT2D eigenvalue weighted by molar-refractivity contribution is 5.94. The summed E-state index contributed by atoms with van der Waals surface area (Å²) in [4.78, 5) is 12.2. The van der Waals surface area contributed by atoms with Crippen molar-refractivity contribution in [1.82, 2.24) is 25.3 Å². The van der Waals surface area contributed by atoms with Crippen LogP contribution in [0.3, 0.4) is 0 Å². The summed E-state index contributed by atoms with van der Waals surface area (Å²) < 4.78 is 7.69. The zero-order valence-corrected chi connectivity index (χ0v) is 12.9. The zero-order chi connectivity index (χ0) is 15.5. The van der Waals surface area contributed by atoms with Crippen LogP contribution in [-0.4, -0.2) is 39.0 Å². The Balaban J connectivity index is 1.65. The summed E-state index contributed by atoms with van der Waals surface area (Å²) in [6.07, 6.45) is 7.41. The van der Waals surface area contributed by atoms with Crippen molar-refractivity contribution in [3.8, 4) is 0 Å². The second kappa shape index (κ2) is 6.31. The molecule has 7 nitrogen and oxygen atoms in total. The minimum atomic E-state index is -0.0956. The standard InChI is InChI=1S/C15H21N5O2/c1-10-13(8-17-19-10)15(21)16-6-11-4-3-5-22-14(11)12-7-18-20(2)9-12/h7-9,11,14H,3-6H2,1-2H3,(H,16,21)(H,17,19)/t11-,14+/m0/s1. The average molecular weight is 303 g/mol. The maximum Gasteiger partial charge on any atom is 0.254 e. The number of rotatable bonds is 4. The zero-order valence-electron chi connectivity index (χ0n) is 12.9. The van der Waals surface area contributed by atoms with Gasteiger partial charge in [0, 0.05) is 43.6 Å². The van der Waals surface area contributed by atoms with Crippen molar-refractivity contribution in [2.75, 3.05) is 13.2 Å². The van der Waals surface area contributed by atoms with Crippen molar-refractivity contribution in [2.45, 2.75) is 25.9 Å². The van der Waals surface area contributed by atoms with Crippen LogP contribution in [0.15, 0.2) is 18.6 Å². The number of aromatic amines is 1. The van der Waals surface area contributed by atoms with E-state index in [0.717, 1.165) is 30.7 Å². The second-order valence-corrected chi connectivity index (χ2v) is 5.76. The first-order valence-electron chi connectivity index (χ1n) is 7.53. The maximum absolute atomic E-state index is 12.2. The van der Waals surface area contributed by atoms with E-state index in [1.807, 2.05) is 26.4 Å². The van der Waals surface area contributed by atoms with E-state index in [4.69, 9.17) is 4.74 Å². The third kappa shape index (κ3) is 3.04. The van der Waals surface area contributed by atoms with E-state index in [0.29, 0.717) is 12.1 Å². The number of nitrogens with one attached hydrogen (secondary N) is 2. The van der Waals surface area contributed by atoms with E-state index in [-0.39, 0.29) is 17.9 Å². The molecule has 7 heteroatoms. The molecule has 1 saturated heterocycles. The molecule has 2 N–H and O–H groups in total. The predicted molar refractivity (Wildman–Crippen MR) is 80.3 cm³/mol. The average Bonchev–Trinajstić information content (AvgIpc) is 3.13. The van der Waals surface area contributed by atoms with Crippen LogP contribution in [0.5, 0.6) is 0 Å². The highest BCUT2D eigenvalue weighted by Gasteiger charge is 2.29. The predicted octanol–water partition coefficient (Wildman–Crippen LogP) is 1.35. The molecule has 1 aliphatic rings. The summed E-state index contributed by atoms with van der Waals surface area (Å²) in [7, 11) is 1.89. The van der Waals surface area contributed by atoms with E-state index in [1.54, 1.807) is 10.9 Å². The summed E-state index contributed by atoms with van der Waals surface area (Å²) in [5.41, 5.74) is 2.44. The minimum absolute atomic E-state index is 0.00630. The maximum atomic E-state index is 12.2. The Hall–Kier alpha value is -2.15. The van der Waals surface area contributed by atoms with Gasteiger partial charge in [-0.2, -0.15) is 10.2 Å². The molecule has 1 amide bonds. The minimum Gasteiger partial charge on any atom is -0.373 e. The van der Waals surface area contributed by atoms with E-state index in [1.165, 1.54) is 0 Å². The van der Waals surface area contributed by atoms with Crippen LogP contribution in [0.1, 0.15) is 40.6 Å². The molecule has 1 fully saturated rings.